The van der Waals surface area contributed by atoms with Crippen LogP contribution < -0.4 is 0 Å². The second kappa shape index (κ2) is 3.76. The maximum Gasteiger partial charge on any atom is 0.161 e. The van der Waals surface area contributed by atoms with Gasteiger partial charge in [-0.25, -0.2) is 0 Å². The molecule has 84 valence electrons. The maximum atomic E-state index is 9.79. The fraction of sp³-hybridized carbons (Fsp3) is 0.538. The Morgan fingerprint density at radius 2 is 1.60 bits per heavy atom. The fourth-order valence-corrected chi connectivity index (χ4v) is 1.55. The van der Waals surface area contributed by atoms with E-state index in [9.17, 15) is 10.2 Å². The van der Waals surface area contributed by atoms with Crippen molar-refractivity contribution in [1.29, 1.82) is 0 Å². The molecule has 0 radical (unpaired) electrons. The summed E-state index contributed by atoms with van der Waals surface area (Å²) in [7, 11) is 0. The summed E-state index contributed by atoms with van der Waals surface area (Å²) >= 11 is 0. The van der Waals surface area contributed by atoms with Crippen molar-refractivity contribution >= 4 is 0 Å². The summed E-state index contributed by atoms with van der Waals surface area (Å²) in [6, 6.07) is 3.61. The van der Waals surface area contributed by atoms with Gasteiger partial charge in [-0.3, -0.25) is 0 Å². The number of benzene rings is 1. The van der Waals surface area contributed by atoms with Crippen LogP contribution in [0, 0.1) is 0 Å². The first kappa shape index (κ1) is 11.9. The van der Waals surface area contributed by atoms with Crippen molar-refractivity contribution in [3.63, 3.8) is 0 Å². The van der Waals surface area contributed by atoms with Crippen LogP contribution in [0.2, 0.25) is 0 Å². The van der Waals surface area contributed by atoms with E-state index in [0.717, 1.165) is 11.1 Å². The van der Waals surface area contributed by atoms with Crippen LogP contribution in [0.15, 0.2) is 12.1 Å². The first-order valence-electron chi connectivity index (χ1n) is 5.30. The predicted octanol–water partition coefficient (Wildman–Crippen LogP) is 3.52. The molecule has 0 atom stereocenters. The summed E-state index contributed by atoms with van der Waals surface area (Å²) in [4.78, 5) is 0. The van der Waals surface area contributed by atoms with Crippen LogP contribution in [-0.2, 0) is 5.41 Å². The molecule has 1 rings (SSSR count). The molecule has 0 saturated heterocycles. The number of hydrogen-bond acceptors (Lipinski definition) is 2. The number of hydrogen-bond donors (Lipinski definition) is 2. The van der Waals surface area contributed by atoms with E-state index in [0.29, 0.717) is 5.92 Å². The summed E-state index contributed by atoms with van der Waals surface area (Å²) < 4.78 is 0. The molecule has 0 saturated carbocycles. The smallest absolute Gasteiger partial charge is 0.161 e. The van der Waals surface area contributed by atoms with Crippen LogP contribution in [0.4, 0.5) is 0 Å². The van der Waals surface area contributed by atoms with E-state index in [2.05, 4.69) is 13.8 Å². The maximum absolute atomic E-state index is 9.79. The molecule has 2 heteroatoms. The van der Waals surface area contributed by atoms with Gasteiger partial charge in [0.1, 0.15) is 0 Å². The van der Waals surface area contributed by atoms with Crippen LogP contribution in [0.5, 0.6) is 11.5 Å². The predicted molar refractivity (Wildman–Crippen MR) is 62.6 cm³/mol. The quantitative estimate of drug-likeness (QED) is 0.693. The highest BCUT2D eigenvalue weighted by Crippen LogP contribution is 2.39. The Balaban J connectivity index is 3.38. The zero-order valence-corrected chi connectivity index (χ0v) is 10.1. The molecule has 0 bridgehead atoms. The van der Waals surface area contributed by atoms with Gasteiger partial charge in [-0.2, -0.15) is 0 Å². The SMILES string of the molecule is CC(C)c1cc(O)c(O)c(C(C)(C)C)c1. The van der Waals surface area contributed by atoms with Crippen molar-refractivity contribution in [2.45, 2.75) is 46.0 Å². The van der Waals surface area contributed by atoms with Gasteiger partial charge in [0.05, 0.1) is 0 Å². The lowest BCUT2D eigenvalue weighted by Crippen LogP contribution is -2.12. The van der Waals surface area contributed by atoms with Crippen LogP contribution in [0.1, 0.15) is 51.7 Å². The summed E-state index contributed by atoms with van der Waals surface area (Å²) in [5, 5.41) is 19.4. The van der Waals surface area contributed by atoms with Crippen molar-refractivity contribution in [2.24, 2.45) is 0 Å². The van der Waals surface area contributed by atoms with E-state index >= 15 is 0 Å². The second-order valence-electron chi connectivity index (χ2n) is 5.34. The molecule has 0 aromatic heterocycles. The van der Waals surface area contributed by atoms with Gasteiger partial charge < -0.3 is 10.2 Å². The molecule has 2 nitrogen and oxygen atoms in total. The largest absolute Gasteiger partial charge is 0.504 e. The molecular formula is C13H20O2. The van der Waals surface area contributed by atoms with Gasteiger partial charge in [0, 0.05) is 5.56 Å². The molecule has 0 spiro atoms. The van der Waals surface area contributed by atoms with Crippen molar-refractivity contribution in [1.82, 2.24) is 0 Å². The normalized spacial score (nSPS) is 12.1. The molecule has 0 amide bonds. The molecule has 15 heavy (non-hydrogen) atoms. The number of phenolic OH excluding ortho intramolecular Hbond substituents is 2. The molecule has 0 fully saturated rings. The molecule has 0 aliphatic carbocycles. The third-order valence-electron chi connectivity index (χ3n) is 2.59. The van der Waals surface area contributed by atoms with Gasteiger partial charge in [0.2, 0.25) is 0 Å². The van der Waals surface area contributed by atoms with Gasteiger partial charge in [-0.1, -0.05) is 40.7 Å². The van der Waals surface area contributed by atoms with Gasteiger partial charge in [-0.15, -0.1) is 0 Å². The zero-order chi connectivity index (χ0) is 11.8. The first-order chi connectivity index (χ1) is 6.73. The molecule has 1 aromatic carbocycles. The van der Waals surface area contributed by atoms with E-state index in [4.69, 9.17) is 0 Å². The van der Waals surface area contributed by atoms with E-state index < -0.39 is 0 Å². The monoisotopic (exact) mass is 208 g/mol. The van der Waals surface area contributed by atoms with Crippen LogP contribution in [0.25, 0.3) is 0 Å². The molecule has 0 heterocycles. The fourth-order valence-electron chi connectivity index (χ4n) is 1.55. The summed E-state index contributed by atoms with van der Waals surface area (Å²) in [5.41, 5.74) is 1.69. The van der Waals surface area contributed by atoms with Gasteiger partial charge >= 0.3 is 0 Å². The molecule has 0 aliphatic heterocycles. The lowest BCUT2D eigenvalue weighted by molar-refractivity contribution is 0.388. The minimum absolute atomic E-state index is 0.00639. The topological polar surface area (TPSA) is 40.5 Å². The van der Waals surface area contributed by atoms with Crippen LogP contribution in [-0.4, -0.2) is 10.2 Å². The van der Waals surface area contributed by atoms with Crippen molar-refractivity contribution in [3.8, 4) is 11.5 Å². The lowest BCUT2D eigenvalue weighted by atomic mass is 9.84. The Hall–Kier alpha value is -1.18. The Morgan fingerprint density at radius 3 is 2.00 bits per heavy atom. The standard InChI is InChI=1S/C13H20O2/c1-8(2)9-6-10(13(3,4)5)12(15)11(14)7-9/h6-8,14-15H,1-5H3. The minimum atomic E-state index is -0.160. The van der Waals surface area contributed by atoms with E-state index in [1.165, 1.54) is 0 Å². The highest BCUT2D eigenvalue weighted by molar-refractivity contribution is 5.50. The first-order valence-corrected chi connectivity index (χ1v) is 5.30. The summed E-state index contributed by atoms with van der Waals surface area (Å²) in [6.45, 7) is 10.2. The van der Waals surface area contributed by atoms with Gasteiger partial charge in [0.15, 0.2) is 11.5 Å². The Labute approximate surface area is 91.6 Å². The Kier molecular flexibility index (Phi) is 2.98. The van der Waals surface area contributed by atoms with Gasteiger partial charge in [-0.05, 0) is 23.0 Å². The summed E-state index contributed by atoms with van der Waals surface area (Å²) in [6.07, 6.45) is 0. The molecular weight excluding hydrogens is 188 g/mol. The number of phenols is 2. The van der Waals surface area contributed by atoms with Gasteiger partial charge in [0.25, 0.3) is 0 Å². The highest BCUT2D eigenvalue weighted by Gasteiger charge is 2.21. The minimum Gasteiger partial charge on any atom is -0.504 e. The molecule has 0 unspecified atom stereocenters. The van der Waals surface area contributed by atoms with E-state index in [1.54, 1.807) is 6.07 Å². The second-order valence-corrected chi connectivity index (χ2v) is 5.34. The third kappa shape index (κ3) is 2.44. The summed E-state index contributed by atoms with van der Waals surface area (Å²) in [5.74, 6) is 0.329. The number of rotatable bonds is 1. The number of aromatic hydroxyl groups is 2. The zero-order valence-electron chi connectivity index (χ0n) is 10.1. The lowest BCUT2D eigenvalue weighted by Gasteiger charge is -2.22. The molecule has 1 aromatic rings. The van der Waals surface area contributed by atoms with Crippen molar-refractivity contribution < 1.29 is 10.2 Å². The molecule has 0 aliphatic rings. The van der Waals surface area contributed by atoms with Crippen LogP contribution in [0.3, 0.4) is 0 Å². The van der Waals surface area contributed by atoms with Crippen molar-refractivity contribution in [2.75, 3.05) is 0 Å². The average Bonchev–Trinajstić information content (AvgIpc) is 2.06. The highest BCUT2D eigenvalue weighted by atomic mass is 16.3. The third-order valence-corrected chi connectivity index (χ3v) is 2.59. The van der Waals surface area contributed by atoms with Crippen molar-refractivity contribution in [3.05, 3.63) is 23.3 Å². The van der Waals surface area contributed by atoms with E-state index in [1.807, 2.05) is 26.8 Å². The molecule has 2 N–H and O–H groups in total. The Bertz CT molecular complexity index is 360. The van der Waals surface area contributed by atoms with E-state index in [-0.39, 0.29) is 16.9 Å². The Morgan fingerprint density at radius 1 is 1.07 bits per heavy atom. The average molecular weight is 208 g/mol. The van der Waals surface area contributed by atoms with Crippen LogP contribution >= 0.6 is 0 Å².